The second kappa shape index (κ2) is 10.0. The molecule has 0 saturated heterocycles. The summed E-state index contributed by atoms with van der Waals surface area (Å²) >= 11 is 0. The van der Waals surface area contributed by atoms with Crippen LogP contribution in [0, 0.1) is 0 Å². The van der Waals surface area contributed by atoms with Crippen LogP contribution in [0.25, 0.3) is 21.8 Å². The number of rotatable bonds is 10. The van der Waals surface area contributed by atoms with Crippen molar-refractivity contribution in [2.45, 2.75) is 6.42 Å². The summed E-state index contributed by atoms with van der Waals surface area (Å²) in [7, 11) is 6.42. The fourth-order valence-electron chi connectivity index (χ4n) is 3.55. The summed E-state index contributed by atoms with van der Waals surface area (Å²) in [4.78, 5) is 17.4. The van der Waals surface area contributed by atoms with E-state index in [1.54, 1.807) is 28.4 Å². The molecule has 10 nitrogen and oxygen atoms in total. The summed E-state index contributed by atoms with van der Waals surface area (Å²) in [6.45, 7) is 1.40. The van der Waals surface area contributed by atoms with Crippen molar-refractivity contribution in [2.75, 3.05) is 52.2 Å². The fraction of sp³-hybridized carbons (Fsp3) is 0.304. The van der Waals surface area contributed by atoms with Crippen LogP contribution in [0.3, 0.4) is 0 Å². The van der Waals surface area contributed by atoms with E-state index in [1.807, 2.05) is 24.3 Å². The molecule has 0 saturated carbocycles. The molecule has 2 aromatic carbocycles. The maximum absolute atomic E-state index is 5.41. The van der Waals surface area contributed by atoms with Gasteiger partial charge in [0.2, 0.25) is 0 Å². The van der Waals surface area contributed by atoms with Crippen LogP contribution in [0.5, 0.6) is 23.0 Å². The highest BCUT2D eigenvalue weighted by Crippen LogP contribution is 2.34. The average molecular weight is 450 g/mol. The van der Waals surface area contributed by atoms with Crippen LogP contribution in [-0.4, -0.2) is 61.5 Å². The maximum Gasteiger partial charge on any atom is 0.162 e. The quantitative estimate of drug-likeness (QED) is 0.348. The number of methoxy groups -OCH3 is 4. The first kappa shape index (κ1) is 22.1. The van der Waals surface area contributed by atoms with Gasteiger partial charge in [-0.05, 0) is 18.6 Å². The molecule has 0 radical (unpaired) electrons. The standard InChI is InChI=1S/C23H26N6O4/c1-30-18-8-14-16(10-20(18)32-3)26-12-28-22(14)24-6-5-7-25-23-15-9-19(31-2)21(33-4)11-17(15)27-13-29-23/h8-13H,5-7H2,1-4H3,(H,24,26,28)(H,25,27,29). The van der Waals surface area contributed by atoms with E-state index < -0.39 is 0 Å². The molecule has 0 fully saturated rings. The molecule has 10 heteroatoms. The average Bonchev–Trinajstić information content (AvgIpc) is 2.86. The van der Waals surface area contributed by atoms with E-state index in [-0.39, 0.29) is 0 Å². The number of nitrogens with one attached hydrogen (secondary N) is 2. The Balaban J connectivity index is 1.42. The minimum absolute atomic E-state index is 0.630. The van der Waals surface area contributed by atoms with E-state index in [9.17, 15) is 0 Å². The number of ether oxygens (including phenoxy) is 4. The number of hydrogen-bond acceptors (Lipinski definition) is 10. The molecular weight excluding hydrogens is 424 g/mol. The summed E-state index contributed by atoms with van der Waals surface area (Å²) in [5, 5.41) is 8.49. The largest absolute Gasteiger partial charge is 0.493 e. The molecule has 0 spiro atoms. The number of aromatic nitrogens is 4. The van der Waals surface area contributed by atoms with Crippen LogP contribution in [-0.2, 0) is 0 Å². The zero-order valence-electron chi connectivity index (χ0n) is 19.0. The molecule has 4 rings (SSSR count). The summed E-state index contributed by atoms with van der Waals surface area (Å²) in [5.41, 5.74) is 1.56. The third kappa shape index (κ3) is 4.59. The molecule has 0 atom stereocenters. The van der Waals surface area contributed by atoms with Crippen LogP contribution in [0.4, 0.5) is 11.6 Å². The lowest BCUT2D eigenvalue weighted by Crippen LogP contribution is -2.11. The lowest BCUT2D eigenvalue weighted by molar-refractivity contribution is 0.356. The lowest BCUT2D eigenvalue weighted by atomic mass is 10.2. The molecule has 0 aliphatic rings. The van der Waals surface area contributed by atoms with Crippen molar-refractivity contribution in [1.82, 2.24) is 19.9 Å². The van der Waals surface area contributed by atoms with Crippen molar-refractivity contribution in [3.05, 3.63) is 36.9 Å². The normalized spacial score (nSPS) is 10.8. The van der Waals surface area contributed by atoms with Crippen molar-refractivity contribution in [2.24, 2.45) is 0 Å². The molecule has 0 unspecified atom stereocenters. The smallest absolute Gasteiger partial charge is 0.162 e. The molecule has 2 heterocycles. The molecule has 0 aliphatic heterocycles. The van der Waals surface area contributed by atoms with Crippen LogP contribution >= 0.6 is 0 Å². The summed E-state index contributed by atoms with van der Waals surface area (Å²) in [6.07, 6.45) is 3.89. The minimum atomic E-state index is 0.630. The highest BCUT2D eigenvalue weighted by Gasteiger charge is 2.12. The van der Waals surface area contributed by atoms with Gasteiger partial charge in [0.25, 0.3) is 0 Å². The Labute approximate surface area is 191 Å². The van der Waals surface area contributed by atoms with Gasteiger partial charge in [0.15, 0.2) is 23.0 Å². The SMILES string of the molecule is COc1cc2ncnc(NCCCNc3ncnc4cc(OC)c(OC)cc34)c2cc1OC. The monoisotopic (exact) mass is 450 g/mol. The molecular formula is C23H26N6O4. The lowest BCUT2D eigenvalue weighted by Gasteiger charge is -2.13. The second-order valence-corrected chi connectivity index (χ2v) is 7.10. The van der Waals surface area contributed by atoms with Gasteiger partial charge in [-0.1, -0.05) is 0 Å². The Bertz CT molecular complexity index is 1170. The van der Waals surface area contributed by atoms with Gasteiger partial charge in [0, 0.05) is 36.0 Å². The topological polar surface area (TPSA) is 113 Å². The fourth-order valence-corrected chi connectivity index (χ4v) is 3.55. The maximum atomic E-state index is 5.41. The molecule has 2 aromatic heterocycles. The molecule has 0 bridgehead atoms. The van der Waals surface area contributed by atoms with E-state index in [1.165, 1.54) is 12.7 Å². The molecule has 0 aliphatic carbocycles. The van der Waals surface area contributed by atoms with Crippen molar-refractivity contribution >= 4 is 33.4 Å². The molecule has 2 N–H and O–H groups in total. The van der Waals surface area contributed by atoms with Crippen molar-refractivity contribution in [1.29, 1.82) is 0 Å². The van der Waals surface area contributed by atoms with E-state index in [2.05, 4.69) is 30.6 Å². The van der Waals surface area contributed by atoms with E-state index in [4.69, 9.17) is 18.9 Å². The molecule has 0 amide bonds. The Morgan fingerprint density at radius 1 is 0.576 bits per heavy atom. The van der Waals surface area contributed by atoms with Crippen LogP contribution < -0.4 is 29.6 Å². The molecule has 172 valence electrons. The summed E-state index contributed by atoms with van der Waals surface area (Å²) in [5.74, 6) is 4.00. The predicted octanol–water partition coefficient (Wildman–Crippen LogP) is 3.52. The van der Waals surface area contributed by atoms with Crippen molar-refractivity contribution < 1.29 is 18.9 Å². The van der Waals surface area contributed by atoms with Gasteiger partial charge in [-0.25, -0.2) is 19.9 Å². The Morgan fingerprint density at radius 3 is 1.36 bits per heavy atom. The van der Waals surface area contributed by atoms with Crippen LogP contribution in [0.2, 0.25) is 0 Å². The zero-order valence-corrected chi connectivity index (χ0v) is 19.0. The number of benzene rings is 2. The Morgan fingerprint density at radius 2 is 0.970 bits per heavy atom. The second-order valence-electron chi connectivity index (χ2n) is 7.10. The van der Waals surface area contributed by atoms with E-state index in [0.717, 1.165) is 39.9 Å². The number of anilines is 2. The summed E-state index contributed by atoms with van der Waals surface area (Å²) in [6, 6.07) is 7.44. The van der Waals surface area contributed by atoms with Gasteiger partial charge in [0.05, 0.1) is 39.5 Å². The molecule has 33 heavy (non-hydrogen) atoms. The Hall–Kier alpha value is -4.08. The summed E-state index contributed by atoms with van der Waals surface area (Å²) < 4.78 is 21.5. The third-order valence-electron chi connectivity index (χ3n) is 5.22. The van der Waals surface area contributed by atoms with Gasteiger partial charge < -0.3 is 29.6 Å². The molecule has 4 aromatic rings. The minimum Gasteiger partial charge on any atom is -0.493 e. The van der Waals surface area contributed by atoms with E-state index >= 15 is 0 Å². The van der Waals surface area contributed by atoms with Crippen LogP contribution in [0.1, 0.15) is 6.42 Å². The number of nitrogens with zero attached hydrogens (tertiary/aromatic N) is 4. The highest BCUT2D eigenvalue weighted by molar-refractivity contribution is 5.92. The van der Waals surface area contributed by atoms with Crippen LogP contribution in [0.15, 0.2) is 36.9 Å². The van der Waals surface area contributed by atoms with Gasteiger partial charge >= 0.3 is 0 Å². The predicted molar refractivity (Wildman–Crippen MR) is 127 cm³/mol. The third-order valence-corrected chi connectivity index (χ3v) is 5.22. The van der Waals surface area contributed by atoms with Gasteiger partial charge in [-0.2, -0.15) is 0 Å². The first-order valence-corrected chi connectivity index (χ1v) is 10.4. The van der Waals surface area contributed by atoms with E-state index in [0.29, 0.717) is 36.1 Å². The Kier molecular flexibility index (Phi) is 6.72. The first-order valence-electron chi connectivity index (χ1n) is 10.4. The first-order chi connectivity index (χ1) is 16.2. The van der Waals surface area contributed by atoms with Crippen molar-refractivity contribution in [3.63, 3.8) is 0 Å². The number of fused-ring (bicyclic) bond motifs is 2. The van der Waals surface area contributed by atoms with Gasteiger partial charge in [-0.15, -0.1) is 0 Å². The van der Waals surface area contributed by atoms with Gasteiger partial charge in [0.1, 0.15) is 24.3 Å². The van der Waals surface area contributed by atoms with Crippen molar-refractivity contribution in [3.8, 4) is 23.0 Å². The number of hydrogen-bond donors (Lipinski definition) is 2. The zero-order chi connectivity index (χ0) is 23.2. The van der Waals surface area contributed by atoms with Gasteiger partial charge in [-0.3, -0.25) is 0 Å². The highest BCUT2D eigenvalue weighted by atomic mass is 16.5.